The zero-order chi connectivity index (χ0) is 27.3. The predicted molar refractivity (Wildman–Crippen MR) is 145 cm³/mol. The van der Waals surface area contributed by atoms with Gasteiger partial charge in [-0.1, -0.05) is 0 Å². The molecular formula is C27H38N4O5S. The summed E-state index contributed by atoms with van der Waals surface area (Å²) in [6.07, 6.45) is 1.84. The van der Waals surface area contributed by atoms with Crippen molar-refractivity contribution < 1.29 is 22.7 Å². The third-order valence-corrected chi connectivity index (χ3v) is 8.96. The van der Waals surface area contributed by atoms with Crippen LogP contribution < -0.4 is 15.4 Å². The van der Waals surface area contributed by atoms with Crippen molar-refractivity contribution in [2.75, 3.05) is 46.2 Å². The van der Waals surface area contributed by atoms with E-state index < -0.39 is 10.0 Å². The number of piperidine rings is 1. The molecule has 0 aromatic heterocycles. The molecule has 0 radical (unpaired) electrons. The van der Waals surface area contributed by atoms with E-state index in [-0.39, 0.29) is 35.7 Å². The van der Waals surface area contributed by atoms with Crippen LogP contribution in [-0.4, -0.2) is 76.3 Å². The first kappa shape index (κ1) is 28.6. The zero-order valence-corrected chi connectivity index (χ0v) is 23.4. The molecule has 1 heterocycles. The maximum absolute atomic E-state index is 13.2. The van der Waals surface area contributed by atoms with Crippen molar-refractivity contribution in [2.45, 2.75) is 51.0 Å². The maximum atomic E-state index is 13.2. The zero-order valence-electron chi connectivity index (χ0n) is 22.6. The maximum Gasteiger partial charge on any atom is 0.251 e. The number of benzene rings is 2. The molecule has 1 fully saturated rings. The van der Waals surface area contributed by atoms with E-state index >= 15 is 0 Å². The molecule has 1 aliphatic heterocycles. The Kier molecular flexibility index (Phi) is 9.33. The van der Waals surface area contributed by atoms with E-state index in [9.17, 15) is 18.0 Å². The van der Waals surface area contributed by atoms with Gasteiger partial charge >= 0.3 is 0 Å². The highest BCUT2D eigenvalue weighted by Gasteiger charge is 2.26. The van der Waals surface area contributed by atoms with Crippen LogP contribution in [-0.2, 0) is 14.8 Å². The van der Waals surface area contributed by atoms with Crippen LogP contribution in [0.4, 0.5) is 5.69 Å². The Morgan fingerprint density at radius 3 is 2.24 bits per heavy atom. The molecule has 0 atom stereocenters. The quantitative estimate of drug-likeness (QED) is 0.516. The van der Waals surface area contributed by atoms with Crippen LogP contribution in [0.2, 0.25) is 0 Å². The number of carbonyl (C=O) groups is 2. The van der Waals surface area contributed by atoms with Gasteiger partial charge in [-0.3, -0.25) is 9.59 Å². The third kappa shape index (κ3) is 7.09. The van der Waals surface area contributed by atoms with Crippen molar-refractivity contribution in [3.05, 3.63) is 52.6 Å². The molecule has 0 unspecified atom stereocenters. The molecule has 1 saturated heterocycles. The van der Waals surface area contributed by atoms with Crippen molar-refractivity contribution in [1.29, 1.82) is 0 Å². The summed E-state index contributed by atoms with van der Waals surface area (Å²) in [6.45, 7) is 7.23. The number of likely N-dealkylation sites (tertiary alicyclic amines) is 1. The molecule has 9 nitrogen and oxygen atoms in total. The Morgan fingerprint density at radius 1 is 1.05 bits per heavy atom. The molecule has 0 saturated carbocycles. The van der Waals surface area contributed by atoms with Crippen molar-refractivity contribution in [1.82, 2.24) is 14.5 Å². The number of hydrogen-bond donors (Lipinski definition) is 2. The number of amides is 2. The number of carbonyl (C=O) groups excluding carboxylic acids is 2. The Bertz CT molecular complexity index is 1230. The number of sulfonamides is 1. The van der Waals surface area contributed by atoms with Gasteiger partial charge < -0.3 is 20.3 Å². The van der Waals surface area contributed by atoms with Crippen molar-refractivity contribution in [2.24, 2.45) is 0 Å². The van der Waals surface area contributed by atoms with Crippen LogP contribution in [0.3, 0.4) is 0 Å². The SMILES string of the molecule is COc1cc(C)c(S(=O)(=O)N(C)CCC(=O)Nc2ccc(C(=O)NC3CCN(C)CC3)c(C)c2)c(C)c1. The Balaban J connectivity index is 1.58. The summed E-state index contributed by atoms with van der Waals surface area (Å²) < 4.78 is 32.7. The number of methoxy groups -OCH3 is 1. The molecule has 2 aromatic carbocycles. The van der Waals surface area contributed by atoms with Gasteiger partial charge in [0.05, 0.1) is 12.0 Å². The van der Waals surface area contributed by atoms with E-state index in [1.54, 1.807) is 44.2 Å². The van der Waals surface area contributed by atoms with Gasteiger partial charge in [-0.2, -0.15) is 0 Å². The van der Waals surface area contributed by atoms with Gasteiger partial charge in [0.25, 0.3) is 5.91 Å². The summed E-state index contributed by atoms with van der Waals surface area (Å²) >= 11 is 0. The first-order valence-electron chi connectivity index (χ1n) is 12.4. The van der Waals surface area contributed by atoms with Crippen LogP contribution in [0.5, 0.6) is 5.75 Å². The Hall–Kier alpha value is -2.95. The Morgan fingerprint density at radius 2 is 1.68 bits per heavy atom. The smallest absolute Gasteiger partial charge is 0.251 e. The number of aryl methyl sites for hydroxylation is 3. The molecule has 0 bridgehead atoms. The van der Waals surface area contributed by atoms with E-state index in [4.69, 9.17) is 4.74 Å². The van der Waals surface area contributed by atoms with E-state index in [2.05, 4.69) is 22.6 Å². The first-order valence-corrected chi connectivity index (χ1v) is 13.9. The number of hydrogen-bond acceptors (Lipinski definition) is 6. The summed E-state index contributed by atoms with van der Waals surface area (Å²) in [4.78, 5) is 27.8. The first-order chi connectivity index (χ1) is 17.4. The molecule has 0 aliphatic carbocycles. The number of ether oxygens (including phenoxy) is 1. The lowest BCUT2D eigenvalue weighted by molar-refractivity contribution is -0.116. The molecule has 37 heavy (non-hydrogen) atoms. The van der Waals surface area contributed by atoms with E-state index in [1.165, 1.54) is 18.5 Å². The normalized spacial score (nSPS) is 15.0. The fourth-order valence-corrected chi connectivity index (χ4v) is 6.18. The molecule has 10 heteroatoms. The van der Waals surface area contributed by atoms with Gasteiger partial charge in [-0.05, 0) is 101 Å². The predicted octanol–water partition coefficient (Wildman–Crippen LogP) is 3.09. The third-order valence-electron chi connectivity index (χ3n) is 6.80. The highest BCUT2D eigenvalue weighted by Crippen LogP contribution is 2.28. The van der Waals surface area contributed by atoms with Gasteiger partial charge in [0.1, 0.15) is 5.75 Å². The molecule has 2 N–H and O–H groups in total. The molecule has 0 spiro atoms. The van der Waals surface area contributed by atoms with E-state index in [0.717, 1.165) is 31.5 Å². The van der Waals surface area contributed by atoms with Gasteiger partial charge in [-0.15, -0.1) is 0 Å². The molecule has 202 valence electrons. The second-order valence-corrected chi connectivity index (χ2v) is 11.8. The minimum atomic E-state index is -3.78. The standard InChI is InChI=1S/C27H38N4O5S/c1-18-15-22(7-8-24(18)27(33)29-21-9-12-30(4)13-10-21)28-25(32)11-14-31(5)37(34,35)26-19(2)16-23(36-6)17-20(26)3/h7-8,15-17,21H,9-14H2,1-6H3,(H,28,32)(H,29,33). The van der Waals surface area contributed by atoms with Crippen molar-refractivity contribution in [3.63, 3.8) is 0 Å². The van der Waals surface area contributed by atoms with Gasteiger partial charge in [0.15, 0.2) is 0 Å². The largest absolute Gasteiger partial charge is 0.497 e. The van der Waals surface area contributed by atoms with Crippen LogP contribution in [0, 0.1) is 20.8 Å². The number of anilines is 1. The Labute approximate surface area is 220 Å². The van der Waals surface area contributed by atoms with Crippen LogP contribution >= 0.6 is 0 Å². The van der Waals surface area contributed by atoms with Crippen molar-refractivity contribution >= 4 is 27.5 Å². The number of rotatable bonds is 9. The summed E-state index contributed by atoms with van der Waals surface area (Å²) in [7, 11) is 1.30. The fourth-order valence-electron chi connectivity index (χ4n) is 4.61. The van der Waals surface area contributed by atoms with E-state index in [0.29, 0.717) is 28.1 Å². The van der Waals surface area contributed by atoms with E-state index in [1.807, 2.05) is 6.92 Å². The van der Waals surface area contributed by atoms with Crippen LogP contribution in [0.15, 0.2) is 35.2 Å². The van der Waals surface area contributed by atoms with Crippen LogP contribution in [0.25, 0.3) is 0 Å². The molecule has 2 aromatic rings. The second-order valence-electron chi connectivity index (χ2n) is 9.80. The topological polar surface area (TPSA) is 108 Å². The summed E-state index contributed by atoms with van der Waals surface area (Å²) in [5.41, 5.74) is 3.07. The molecule has 3 rings (SSSR count). The van der Waals surface area contributed by atoms with Gasteiger partial charge in [-0.25, -0.2) is 12.7 Å². The monoisotopic (exact) mass is 530 g/mol. The summed E-state index contributed by atoms with van der Waals surface area (Å²) in [5.74, 6) is 0.172. The molecular weight excluding hydrogens is 492 g/mol. The van der Waals surface area contributed by atoms with Gasteiger partial charge in [0, 0.05) is 37.3 Å². The number of nitrogens with one attached hydrogen (secondary N) is 2. The minimum Gasteiger partial charge on any atom is -0.497 e. The lowest BCUT2D eigenvalue weighted by Crippen LogP contribution is -2.43. The molecule has 2 amide bonds. The summed E-state index contributed by atoms with van der Waals surface area (Å²) in [5, 5.41) is 5.91. The molecule has 1 aliphatic rings. The lowest BCUT2D eigenvalue weighted by atomic mass is 10.0. The minimum absolute atomic E-state index is 0.0125. The second kappa shape index (κ2) is 12.1. The van der Waals surface area contributed by atoms with Gasteiger partial charge in [0.2, 0.25) is 15.9 Å². The summed E-state index contributed by atoms with van der Waals surface area (Å²) in [6, 6.07) is 8.69. The average Bonchev–Trinajstić information content (AvgIpc) is 2.83. The van der Waals surface area contributed by atoms with Crippen molar-refractivity contribution in [3.8, 4) is 5.75 Å². The highest BCUT2D eigenvalue weighted by atomic mass is 32.2. The number of nitrogens with zero attached hydrogens (tertiary/aromatic N) is 2. The van der Waals surface area contributed by atoms with Crippen LogP contribution in [0.1, 0.15) is 46.3 Å². The fraction of sp³-hybridized carbons (Fsp3) is 0.481. The lowest BCUT2D eigenvalue weighted by Gasteiger charge is -2.29. The average molecular weight is 531 g/mol. The highest BCUT2D eigenvalue weighted by molar-refractivity contribution is 7.89.